The van der Waals surface area contributed by atoms with Gasteiger partial charge < -0.3 is 14.7 Å². The standard InChI is InChI=1S/C19H25NO4/c1-2-24-12-17(21)20-11-16-10-15(14-6-4-3-5-7-14)8-9-19(16,13-20)18(22)23/h3-7,15-16H,2,8-13H2,1H3,(H,22,23)/t15-,16-,19-/m0/s1. The van der Waals surface area contributed by atoms with Crippen LogP contribution in [0.25, 0.3) is 0 Å². The second-order valence-corrected chi connectivity index (χ2v) is 6.95. The third-order valence-corrected chi connectivity index (χ3v) is 5.68. The minimum atomic E-state index is -0.785. The van der Waals surface area contributed by atoms with Crippen molar-refractivity contribution in [3.63, 3.8) is 0 Å². The first-order valence-electron chi connectivity index (χ1n) is 8.70. The first-order valence-corrected chi connectivity index (χ1v) is 8.70. The topological polar surface area (TPSA) is 66.8 Å². The number of likely N-dealkylation sites (tertiary alicyclic amines) is 1. The highest BCUT2D eigenvalue weighted by atomic mass is 16.5. The minimum Gasteiger partial charge on any atom is -0.481 e. The van der Waals surface area contributed by atoms with Crippen LogP contribution in [0.1, 0.15) is 37.7 Å². The van der Waals surface area contributed by atoms with Gasteiger partial charge in [0, 0.05) is 19.7 Å². The molecule has 130 valence electrons. The summed E-state index contributed by atoms with van der Waals surface area (Å²) in [6.07, 6.45) is 2.32. The quantitative estimate of drug-likeness (QED) is 0.900. The molecule has 1 amide bonds. The lowest BCUT2D eigenvalue weighted by Gasteiger charge is -2.38. The normalized spacial score (nSPS) is 29.3. The van der Waals surface area contributed by atoms with Gasteiger partial charge in [-0.25, -0.2) is 0 Å². The van der Waals surface area contributed by atoms with E-state index in [1.807, 2.05) is 25.1 Å². The molecule has 1 aromatic carbocycles. The van der Waals surface area contributed by atoms with E-state index in [1.165, 1.54) is 5.56 Å². The summed E-state index contributed by atoms with van der Waals surface area (Å²) in [5.41, 5.74) is 0.489. The average molecular weight is 331 g/mol. The summed E-state index contributed by atoms with van der Waals surface area (Å²) in [7, 11) is 0. The zero-order valence-electron chi connectivity index (χ0n) is 14.1. The summed E-state index contributed by atoms with van der Waals surface area (Å²) in [5, 5.41) is 9.86. The Kier molecular flexibility index (Phi) is 4.90. The molecule has 0 bridgehead atoms. The smallest absolute Gasteiger partial charge is 0.311 e. The van der Waals surface area contributed by atoms with Crippen molar-refractivity contribution in [1.82, 2.24) is 4.90 Å². The van der Waals surface area contributed by atoms with Crippen molar-refractivity contribution < 1.29 is 19.4 Å². The van der Waals surface area contributed by atoms with Gasteiger partial charge in [-0.1, -0.05) is 30.3 Å². The van der Waals surface area contributed by atoms with Crippen molar-refractivity contribution >= 4 is 11.9 Å². The maximum absolute atomic E-state index is 12.3. The third-order valence-electron chi connectivity index (χ3n) is 5.68. The molecule has 0 aromatic heterocycles. The van der Waals surface area contributed by atoms with Crippen LogP contribution in [0.5, 0.6) is 0 Å². The van der Waals surface area contributed by atoms with Gasteiger partial charge in [0.1, 0.15) is 6.61 Å². The van der Waals surface area contributed by atoms with E-state index in [0.29, 0.717) is 32.0 Å². The Bertz CT molecular complexity index is 603. The van der Waals surface area contributed by atoms with Crippen molar-refractivity contribution in [2.75, 3.05) is 26.3 Å². The first-order chi connectivity index (χ1) is 11.6. The van der Waals surface area contributed by atoms with Crippen molar-refractivity contribution in [2.24, 2.45) is 11.3 Å². The number of nitrogens with zero attached hydrogens (tertiary/aromatic N) is 1. The van der Waals surface area contributed by atoms with Crippen molar-refractivity contribution in [1.29, 1.82) is 0 Å². The van der Waals surface area contributed by atoms with Gasteiger partial charge in [0.2, 0.25) is 5.91 Å². The summed E-state index contributed by atoms with van der Waals surface area (Å²) in [6.45, 7) is 3.23. The molecule has 1 aromatic rings. The highest BCUT2D eigenvalue weighted by Crippen LogP contribution is 2.51. The fourth-order valence-electron chi connectivity index (χ4n) is 4.30. The lowest BCUT2D eigenvalue weighted by atomic mass is 9.64. The molecule has 0 spiro atoms. The average Bonchev–Trinajstić information content (AvgIpc) is 3.00. The first kappa shape index (κ1) is 17.0. The number of carbonyl (C=O) groups is 2. The van der Waals surface area contributed by atoms with Crippen LogP contribution >= 0.6 is 0 Å². The van der Waals surface area contributed by atoms with Gasteiger partial charge >= 0.3 is 5.97 Å². The second kappa shape index (κ2) is 6.93. The van der Waals surface area contributed by atoms with Gasteiger partial charge in [0.05, 0.1) is 5.41 Å². The van der Waals surface area contributed by atoms with E-state index in [9.17, 15) is 14.7 Å². The van der Waals surface area contributed by atoms with Gasteiger partial charge in [0.15, 0.2) is 0 Å². The van der Waals surface area contributed by atoms with Gasteiger partial charge in [-0.05, 0) is 43.6 Å². The fourth-order valence-corrected chi connectivity index (χ4v) is 4.30. The molecule has 3 rings (SSSR count). The minimum absolute atomic E-state index is 0.0135. The Labute approximate surface area is 142 Å². The van der Waals surface area contributed by atoms with Crippen LogP contribution in [0.2, 0.25) is 0 Å². The third kappa shape index (κ3) is 3.05. The van der Waals surface area contributed by atoms with Crippen LogP contribution in [0, 0.1) is 11.3 Å². The zero-order chi connectivity index (χ0) is 17.2. The molecule has 3 atom stereocenters. The van der Waals surface area contributed by atoms with Crippen molar-refractivity contribution in [3.8, 4) is 0 Å². The van der Waals surface area contributed by atoms with Gasteiger partial charge in [-0.3, -0.25) is 9.59 Å². The molecule has 2 fully saturated rings. The second-order valence-electron chi connectivity index (χ2n) is 6.95. The Morgan fingerprint density at radius 2 is 2.08 bits per heavy atom. The molecule has 0 radical (unpaired) electrons. The lowest BCUT2D eigenvalue weighted by Crippen LogP contribution is -2.43. The Balaban J connectivity index is 1.76. The number of carboxylic acids is 1. The maximum atomic E-state index is 12.3. The predicted octanol–water partition coefficient (Wildman–Crippen LogP) is 2.52. The highest BCUT2D eigenvalue weighted by molar-refractivity contribution is 5.82. The number of benzene rings is 1. The number of hydrogen-bond acceptors (Lipinski definition) is 3. The summed E-state index contributed by atoms with van der Waals surface area (Å²) in [6, 6.07) is 10.3. The van der Waals surface area contributed by atoms with Crippen LogP contribution in [0.15, 0.2) is 30.3 Å². The molecule has 1 N–H and O–H groups in total. The van der Waals surface area contributed by atoms with E-state index >= 15 is 0 Å². The summed E-state index contributed by atoms with van der Waals surface area (Å²) < 4.78 is 5.21. The molecule has 1 heterocycles. The monoisotopic (exact) mass is 331 g/mol. The summed E-state index contributed by atoms with van der Waals surface area (Å²) in [5.74, 6) is -0.459. The molecule has 1 aliphatic carbocycles. The van der Waals surface area contributed by atoms with Crippen LogP contribution in [0.4, 0.5) is 0 Å². The molecule has 5 nitrogen and oxygen atoms in total. The molecule has 5 heteroatoms. The Morgan fingerprint density at radius 1 is 1.33 bits per heavy atom. The predicted molar refractivity (Wildman–Crippen MR) is 89.7 cm³/mol. The fraction of sp³-hybridized carbons (Fsp3) is 0.579. The van der Waals surface area contributed by atoms with Crippen LogP contribution in [-0.4, -0.2) is 48.2 Å². The van der Waals surface area contributed by atoms with Gasteiger partial charge in [0.25, 0.3) is 0 Å². The maximum Gasteiger partial charge on any atom is 0.311 e. The van der Waals surface area contributed by atoms with E-state index in [0.717, 1.165) is 12.8 Å². The molecule has 1 saturated carbocycles. The molecule has 1 saturated heterocycles. The number of aliphatic carboxylic acids is 1. The van der Waals surface area contributed by atoms with Crippen molar-refractivity contribution in [3.05, 3.63) is 35.9 Å². The van der Waals surface area contributed by atoms with Gasteiger partial charge in [-0.2, -0.15) is 0 Å². The summed E-state index contributed by atoms with van der Waals surface area (Å²) in [4.78, 5) is 26.0. The van der Waals surface area contributed by atoms with E-state index < -0.39 is 11.4 Å². The van der Waals surface area contributed by atoms with E-state index in [4.69, 9.17) is 4.74 Å². The molecule has 2 aliphatic rings. The van der Waals surface area contributed by atoms with Crippen molar-refractivity contribution in [2.45, 2.75) is 32.1 Å². The van der Waals surface area contributed by atoms with Crippen LogP contribution < -0.4 is 0 Å². The molecule has 1 aliphatic heterocycles. The number of hydrogen-bond donors (Lipinski definition) is 1. The lowest BCUT2D eigenvalue weighted by molar-refractivity contribution is -0.153. The van der Waals surface area contributed by atoms with E-state index in [-0.39, 0.29) is 18.4 Å². The van der Waals surface area contributed by atoms with Crippen LogP contribution in [0.3, 0.4) is 0 Å². The largest absolute Gasteiger partial charge is 0.481 e. The number of amides is 1. The number of rotatable bonds is 5. The number of carbonyl (C=O) groups excluding carboxylic acids is 1. The molecule has 24 heavy (non-hydrogen) atoms. The van der Waals surface area contributed by atoms with E-state index in [1.54, 1.807) is 4.90 Å². The number of fused-ring (bicyclic) bond motifs is 1. The number of carboxylic acid groups (broad SMARTS) is 1. The Hall–Kier alpha value is -1.88. The van der Waals surface area contributed by atoms with Gasteiger partial charge in [-0.15, -0.1) is 0 Å². The SMILES string of the molecule is CCOCC(=O)N1C[C@@H]2C[C@@H](c3ccccc3)CC[C@]2(C(=O)O)C1. The Morgan fingerprint density at radius 3 is 2.75 bits per heavy atom. The number of ether oxygens (including phenoxy) is 1. The van der Waals surface area contributed by atoms with Crippen LogP contribution in [-0.2, 0) is 14.3 Å². The summed E-state index contributed by atoms with van der Waals surface area (Å²) >= 11 is 0. The molecular weight excluding hydrogens is 306 g/mol. The molecular formula is C19H25NO4. The highest BCUT2D eigenvalue weighted by Gasteiger charge is 2.55. The molecule has 0 unspecified atom stereocenters. The zero-order valence-corrected chi connectivity index (χ0v) is 14.1. The van der Waals surface area contributed by atoms with E-state index in [2.05, 4.69) is 12.1 Å².